The van der Waals surface area contributed by atoms with Crippen molar-refractivity contribution in [3.63, 3.8) is 0 Å². The second-order valence-corrected chi connectivity index (χ2v) is 6.96. The van der Waals surface area contributed by atoms with Crippen molar-refractivity contribution < 1.29 is 8.78 Å². The third kappa shape index (κ3) is 3.11. The molecule has 3 aliphatic rings. The van der Waals surface area contributed by atoms with E-state index in [4.69, 9.17) is 0 Å². The Morgan fingerprint density at radius 1 is 1.00 bits per heavy atom. The van der Waals surface area contributed by atoms with E-state index in [1.165, 1.54) is 37.8 Å². The van der Waals surface area contributed by atoms with Crippen LogP contribution in [0.1, 0.15) is 31.2 Å². The van der Waals surface area contributed by atoms with Crippen LogP contribution in [0.2, 0.25) is 0 Å². The van der Waals surface area contributed by atoms with E-state index in [0.29, 0.717) is 18.6 Å². The van der Waals surface area contributed by atoms with Gasteiger partial charge in [0.1, 0.15) is 11.6 Å². The van der Waals surface area contributed by atoms with Gasteiger partial charge in [0.25, 0.3) is 0 Å². The number of benzene rings is 1. The number of hydrogen-bond donors (Lipinski definition) is 1. The molecule has 0 spiro atoms. The summed E-state index contributed by atoms with van der Waals surface area (Å²) >= 11 is 0. The van der Waals surface area contributed by atoms with Gasteiger partial charge >= 0.3 is 0 Å². The maximum atomic E-state index is 13.4. The molecule has 0 amide bonds. The van der Waals surface area contributed by atoms with Crippen LogP contribution in [0, 0.1) is 23.5 Å². The minimum atomic E-state index is -0.471. The van der Waals surface area contributed by atoms with Gasteiger partial charge < -0.3 is 5.32 Å². The van der Waals surface area contributed by atoms with Crippen molar-refractivity contribution in [3.05, 3.63) is 35.4 Å². The van der Waals surface area contributed by atoms with Gasteiger partial charge in [0.15, 0.2) is 0 Å². The number of rotatable bonds is 4. The van der Waals surface area contributed by atoms with Crippen LogP contribution in [0.5, 0.6) is 0 Å². The molecule has 114 valence electrons. The fraction of sp³-hybridized carbons (Fsp3) is 0.647. The molecular weight excluding hydrogens is 270 g/mol. The first-order valence-electron chi connectivity index (χ1n) is 8.11. The Kier molecular flexibility index (Phi) is 3.46. The summed E-state index contributed by atoms with van der Waals surface area (Å²) < 4.78 is 26.8. The molecule has 0 bridgehead atoms. The van der Waals surface area contributed by atoms with Crippen molar-refractivity contribution in [1.82, 2.24) is 10.2 Å². The molecule has 1 heterocycles. The molecule has 2 atom stereocenters. The van der Waals surface area contributed by atoms with Gasteiger partial charge in [0.2, 0.25) is 0 Å². The van der Waals surface area contributed by atoms with E-state index in [1.54, 1.807) is 0 Å². The summed E-state index contributed by atoms with van der Waals surface area (Å²) in [6, 6.07) is 5.00. The monoisotopic (exact) mass is 292 g/mol. The zero-order valence-corrected chi connectivity index (χ0v) is 12.2. The molecule has 2 aliphatic carbocycles. The Hall–Kier alpha value is -1.00. The molecule has 4 heteroatoms. The Bertz CT molecular complexity index is 505. The zero-order chi connectivity index (χ0) is 14.4. The SMILES string of the molecule is Fc1cc(F)cc(CN2CC(C3CC3)NCC2C2CC2)c1. The topological polar surface area (TPSA) is 15.3 Å². The standard InChI is InChI=1S/C17H22F2N2/c18-14-5-11(6-15(19)7-14)9-21-10-16(12-1-2-12)20-8-17(21)13-3-4-13/h5-7,12-13,16-17,20H,1-4,8-10H2. The highest BCUT2D eigenvalue weighted by Gasteiger charge is 2.42. The third-order valence-electron chi connectivity index (χ3n) is 5.15. The number of halogens is 2. The Morgan fingerprint density at radius 2 is 1.67 bits per heavy atom. The van der Waals surface area contributed by atoms with Crippen LogP contribution in [0.4, 0.5) is 8.78 Å². The van der Waals surface area contributed by atoms with E-state index in [0.717, 1.165) is 36.6 Å². The van der Waals surface area contributed by atoms with Crippen LogP contribution < -0.4 is 5.32 Å². The average Bonchev–Trinajstić information content (AvgIpc) is 3.30. The molecular formula is C17H22F2N2. The van der Waals surface area contributed by atoms with Crippen molar-refractivity contribution in [2.24, 2.45) is 11.8 Å². The van der Waals surface area contributed by atoms with Crippen molar-refractivity contribution in [1.29, 1.82) is 0 Å². The molecule has 0 aromatic heterocycles. The minimum absolute atomic E-state index is 0.471. The molecule has 1 aromatic carbocycles. The fourth-order valence-electron chi connectivity index (χ4n) is 3.73. The van der Waals surface area contributed by atoms with Crippen LogP contribution in [0.15, 0.2) is 18.2 Å². The summed E-state index contributed by atoms with van der Waals surface area (Å²) in [4.78, 5) is 2.46. The molecule has 4 rings (SSSR count). The zero-order valence-electron chi connectivity index (χ0n) is 12.2. The van der Waals surface area contributed by atoms with Gasteiger partial charge in [0, 0.05) is 37.8 Å². The molecule has 3 fully saturated rings. The minimum Gasteiger partial charge on any atom is -0.311 e. The Morgan fingerprint density at radius 3 is 2.29 bits per heavy atom. The second-order valence-electron chi connectivity index (χ2n) is 6.96. The maximum absolute atomic E-state index is 13.4. The summed E-state index contributed by atoms with van der Waals surface area (Å²) in [5.74, 6) is 0.650. The van der Waals surface area contributed by atoms with Crippen LogP contribution in [-0.2, 0) is 6.54 Å². The van der Waals surface area contributed by atoms with Crippen LogP contribution in [0.3, 0.4) is 0 Å². The number of nitrogens with zero attached hydrogens (tertiary/aromatic N) is 1. The smallest absolute Gasteiger partial charge is 0.126 e. The summed E-state index contributed by atoms with van der Waals surface area (Å²) in [6.07, 6.45) is 5.26. The highest BCUT2D eigenvalue weighted by molar-refractivity contribution is 5.18. The average molecular weight is 292 g/mol. The third-order valence-corrected chi connectivity index (χ3v) is 5.15. The van der Waals surface area contributed by atoms with E-state index < -0.39 is 11.6 Å². The molecule has 2 nitrogen and oxygen atoms in total. The van der Waals surface area contributed by atoms with E-state index in [2.05, 4.69) is 10.2 Å². The highest BCUT2D eigenvalue weighted by atomic mass is 19.1. The van der Waals surface area contributed by atoms with E-state index in [1.807, 2.05) is 0 Å². The van der Waals surface area contributed by atoms with Crippen molar-refractivity contribution >= 4 is 0 Å². The first-order valence-corrected chi connectivity index (χ1v) is 8.11. The molecule has 1 aliphatic heterocycles. The second kappa shape index (κ2) is 5.33. The lowest BCUT2D eigenvalue weighted by Crippen LogP contribution is -2.57. The molecule has 1 saturated heterocycles. The molecule has 2 unspecified atom stereocenters. The predicted molar refractivity (Wildman–Crippen MR) is 77.8 cm³/mol. The van der Waals surface area contributed by atoms with E-state index in [-0.39, 0.29) is 0 Å². The number of hydrogen-bond acceptors (Lipinski definition) is 2. The molecule has 2 saturated carbocycles. The van der Waals surface area contributed by atoms with Crippen molar-refractivity contribution in [3.8, 4) is 0 Å². The van der Waals surface area contributed by atoms with Crippen LogP contribution >= 0.6 is 0 Å². The van der Waals surface area contributed by atoms with Crippen molar-refractivity contribution in [2.75, 3.05) is 13.1 Å². The predicted octanol–water partition coefficient (Wildman–Crippen LogP) is 2.93. The number of piperazine rings is 1. The van der Waals surface area contributed by atoms with Gasteiger partial charge in [-0.2, -0.15) is 0 Å². The van der Waals surface area contributed by atoms with Gasteiger partial charge in [-0.05, 0) is 55.2 Å². The van der Waals surface area contributed by atoms with Gasteiger partial charge in [-0.1, -0.05) is 0 Å². The normalized spacial score (nSPS) is 30.6. The van der Waals surface area contributed by atoms with Crippen LogP contribution in [-0.4, -0.2) is 30.1 Å². The summed E-state index contributed by atoms with van der Waals surface area (Å²) in [6.45, 7) is 2.72. The molecule has 1 aromatic rings. The lowest BCUT2D eigenvalue weighted by molar-refractivity contribution is 0.100. The first kappa shape index (κ1) is 13.6. The van der Waals surface area contributed by atoms with Crippen LogP contribution in [0.25, 0.3) is 0 Å². The molecule has 0 radical (unpaired) electrons. The van der Waals surface area contributed by atoms with Crippen molar-refractivity contribution in [2.45, 2.75) is 44.3 Å². The fourth-order valence-corrected chi connectivity index (χ4v) is 3.73. The first-order chi connectivity index (χ1) is 10.2. The molecule has 21 heavy (non-hydrogen) atoms. The van der Waals surface area contributed by atoms with Gasteiger partial charge in [-0.15, -0.1) is 0 Å². The Labute approximate surface area is 124 Å². The summed E-state index contributed by atoms with van der Waals surface area (Å²) in [7, 11) is 0. The van der Waals surface area contributed by atoms with Gasteiger partial charge in [-0.3, -0.25) is 4.90 Å². The van der Waals surface area contributed by atoms with E-state index in [9.17, 15) is 8.78 Å². The quantitative estimate of drug-likeness (QED) is 0.918. The maximum Gasteiger partial charge on any atom is 0.126 e. The van der Waals surface area contributed by atoms with Gasteiger partial charge in [0.05, 0.1) is 0 Å². The Balaban J connectivity index is 1.50. The molecule has 1 N–H and O–H groups in total. The lowest BCUT2D eigenvalue weighted by atomic mass is 10.0. The van der Waals surface area contributed by atoms with E-state index >= 15 is 0 Å². The largest absolute Gasteiger partial charge is 0.311 e. The number of nitrogens with one attached hydrogen (secondary N) is 1. The lowest BCUT2D eigenvalue weighted by Gasteiger charge is -2.41. The summed E-state index contributed by atoms with van der Waals surface area (Å²) in [5, 5.41) is 3.70. The van der Waals surface area contributed by atoms with Gasteiger partial charge in [-0.25, -0.2) is 8.78 Å². The highest BCUT2D eigenvalue weighted by Crippen LogP contribution is 2.40. The summed E-state index contributed by atoms with van der Waals surface area (Å²) in [5.41, 5.74) is 0.759.